The SMILES string of the molecule is CCSCCC(C)Nc1cc(OC)c([N+](=O)[O-])cc1F. The molecule has 1 unspecified atom stereocenters. The zero-order valence-corrected chi connectivity index (χ0v) is 12.6. The van der Waals surface area contributed by atoms with Crippen molar-refractivity contribution in [3.63, 3.8) is 0 Å². The lowest BCUT2D eigenvalue weighted by atomic mass is 10.2. The Morgan fingerprint density at radius 1 is 1.55 bits per heavy atom. The fraction of sp³-hybridized carbons (Fsp3) is 0.538. The maximum atomic E-state index is 13.8. The van der Waals surface area contributed by atoms with E-state index in [9.17, 15) is 14.5 Å². The second-order valence-electron chi connectivity index (χ2n) is 4.29. The molecule has 1 N–H and O–H groups in total. The number of nitro benzene ring substituents is 1. The molecule has 1 aromatic carbocycles. The van der Waals surface area contributed by atoms with Crippen LogP contribution in [-0.4, -0.2) is 29.6 Å². The van der Waals surface area contributed by atoms with Crippen molar-refractivity contribution in [1.82, 2.24) is 0 Å². The highest BCUT2D eigenvalue weighted by Gasteiger charge is 2.19. The molecule has 0 spiro atoms. The van der Waals surface area contributed by atoms with Crippen LogP contribution < -0.4 is 10.1 Å². The fourth-order valence-corrected chi connectivity index (χ4v) is 2.51. The Balaban J connectivity index is 2.82. The molecule has 5 nitrogen and oxygen atoms in total. The minimum atomic E-state index is -0.660. The zero-order valence-electron chi connectivity index (χ0n) is 11.8. The number of methoxy groups -OCH3 is 1. The van der Waals surface area contributed by atoms with Crippen molar-refractivity contribution in [1.29, 1.82) is 0 Å². The Hall–Kier alpha value is -1.50. The lowest BCUT2D eigenvalue weighted by Gasteiger charge is -2.16. The molecule has 0 aromatic heterocycles. The molecule has 20 heavy (non-hydrogen) atoms. The second kappa shape index (κ2) is 7.94. The number of anilines is 1. The highest BCUT2D eigenvalue weighted by Crippen LogP contribution is 2.32. The number of thioether (sulfide) groups is 1. The molecule has 0 radical (unpaired) electrons. The summed E-state index contributed by atoms with van der Waals surface area (Å²) in [5.74, 6) is 1.43. The van der Waals surface area contributed by atoms with Gasteiger partial charge in [0.2, 0.25) is 0 Å². The molecule has 0 aliphatic rings. The van der Waals surface area contributed by atoms with E-state index < -0.39 is 10.7 Å². The molecule has 1 aromatic rings. The molecule has 0 amide bonds. The monoisotopic (exact) mass is 302 g/mol. The number of hydrogen-bond acceptors (Lipinski definition) is 5. The number of nitro groups is 1. The Kier molecular flexibility index (Phi) is 6.57. The van der Waals surface area contributed by atoms with Crippen LogP contribution in [0, 0.1) is 15.9 Å². The van der Waals surface area contributed by atoms with Gasteiger partial charge in [-0.05, 0) is 24.9 Å². The van der Waals surface area contributed by atoms with E-state index in [0.29, 0.717) is 0 Å². The van der Waals surface area contributed by atoms with Crippen molar-refractivity contribution in [2.75, 3.05) is 23.9 Å². The van der Waals surface area contributed by atoms with Crippen LogP contribution in [-0.2, 0) is 0 Å². The molecule has 0 heterocycles. The van der Waals surface area contributed by atoms with Gasteiger partial charge in [0.1, 0.15) is 0 Å². The van der Waals surface area contributed by atoms with Crippen LogP contribution in [0.2, 0.25) is 0 Å². The topological polar surface area (TPSA) is 64.4 Å². The van der Waals surface area contributed by atoms with Gasteiger partial charge in [0.05, 0.1) is 23.8 Å². The zero-order chi connectivity index (χ0) is 15.1. The van der Waals surface area contributed by atoms with Crippen molar-refractivity contribution in [3.8, 4) is 5.75 Å². The Labute approximate surface area is 122 Å². The fourth-order valence-electron chi connectivity index (χ4n) is 1.70. The molecular formula is C13H19FN2O3S. The van der Waals surface area contributed by atoms with Crippen molar-refractivity contribution in [3.05, 3.63) is 28.1 Å². The van der Waals surface area contributed by atoms with Gasteiger partial charge in [-0.1, -0.05) is 6.92 Å². The molecular weight excluding hydrogens is 283 g/mol. The summed E-state index contributed by atoms with van der Waals surface area (Å²) in [6, 6.07) is 2.29. The van der Waals surface area contributed by atoms with Crippen LogP contribution in [0.3, 0.4) is 0 Å². The summed E-state index contributed by atoms with van der Waals surface area (Å²) in [7, 11) is 1.32. The minimum absolute atomic E-state index is 0.0500. The number of ether oxygens (including phenoxy) is 1. The highest BCUT2D eigenvalue weighted by atomic mass is 32.2. The number of hydrogen-bond donors (Lipinski definition) is 1. The van der Waals surface area contributed by atoms with E-state index in [1.165, 1.54) is 13.2 Å². The lowest BCUT2D eigenvalue weighted by molar-refractivity contribution is -0.385. The summed E-state index contributed by atoms with van der Waals surface area (Å²) in [5.41, 5.74) is -0.147. The van der Waals surface area contributed by atoms with E-state index >= 15 is 0 Å². The molecule has 0 aliphatic carbocycles. The van der Waals surface area contributed by atoms with Gasteiger partial charge in [-0.3, -0.25) is 10.1 Å². The van der Waals surface area contributed by atoms with Gasteiger partial charge in [-0.2, -0.15) is 11.8 Å². The number of nitrogens with one attached hydrogen (secondary N) is 1. The van der Waals surface area contributed by atoms with E-state index in [2.05, 4.69) is 12.2 Å². The third kappa shape index (κ3) is 4.56. The Morgan fingerprint density at radius 3 is 2.80 bits per heavy atom. The molecule has 0 saturated heterocycles. The first-order valence-electron chi connectivity index (χ1n) is 6.35. The summed E-state index contributed by atoms with van der Waals surface area (Å²) >= 11 is 1.82. The summed E-state index contributed by atoms with van der Waals surface area (Å²) in [5, 5.41) is 13.8. The lowest BCUT2D eigenvalue weighted by Crippen LogP contribution is -2.17. The molecule has 112 valence electrons. The average molecular weight is 302 g/mol. The van der Waals surface area contributed by atoms with E-state index in [0.717, 1.165) is 24.0 Å². The van der Waals surface area contributed by atoms with Gasteiger partial charge in [-0.25, -0.2) is 4.39 Å². The summed E-state index contributed by atoms with van der Waals surface area (Å²) < 4.78 is 18.8. The Bertz CT molecular complexity index is 471. The third-order valence-corrected chi connectivity index (χ3v) is 3.70. The molecule has 1 atom stereocenters. The maximum absolute atomic E-state index is 13.8. The van der Waals surface area contributed by atoms with Gasteiger partial charge in [0, 0.05) is 12.1 Å². The Morgan fingerprint density at radius 2 is 2.25 bits per heavy atom. The summed E-state index contributed by atoms with van der Waals surface area (Å²) in [6.45, 7) is 4.03. The minimum Gasteiger partial charge on any atom is -0.490 e. The van der Waals surface area contributed by atoms with Crippen molar-refractivity contribution in [2.45, 2.75) is 26.3 Å². The molecule has 0 fully saturated rings. The molecule has 1 rings (SSSR count). The van der Waals surface area contributed by atoms with E-state index in [1.807, 2.05) is 18.7 Å². The average Bonchev–Trinajstić information content (AvgIpc) is 2.40. The first kappa shape index (κ1) is 16.6. The van der Waals surface area contributed by atoms with E-state index in [1.54, 1.807) is 0 Å². The maximum Gasteiger partial charge on any atom is 0.313 e. The number of nitrogens with zero attached hydrogens (tertiary/aromatic N) is 1. The summed E-state index contributed by atoms with van der Waals surface area (Å²) in [6.07, 6.45) is 0.886. The van der Waals surface area contributed by atoms with Crippen LogP contribution in [0.4, 0.5) is 15.8 Å². The van der Waals surface area contributed by atoms with E-state index in [4.69, 9.17) is 4.74 Å². The first-order valence-corrected chi connectivity index (χ1v) is 7.51. The van der Waals surface area contributed by atoms with Crippen molar-refractivity contribution >= 4 is 23.1 Å². The molecule has 0 aliphatic heterocycles. The quantitative estimate of drug-likeness (QED) is 0.451. The first-order chi connectivity index (χ1) is 9.49. The number of rotatable bonds is 8. The standard InChI is InChI=1S/C13H19FN2O3S/c1-4-20-6-5-9(2)15-11-8-13(19-3)12(16(17)18)7-10(11)14/h7-9,15H,4-6H2,1-3H3. The number of halogens is 1. The molecule has 7 heteroatoms. The van der Waals surface area contributed by atoms with Gasteiger partial charge in [0.25, 0.3) is 0 Å². The van der Waals surface area contributed by atoms with Gasteiger partial charge >= 0.3 is 5.69 Å². The van der Waals surface area contributed by atoms with Crippen LogP contribution in [0.15, 0.2) is 12.1 Å². The second-order valence-corrected chi connectivity index (χ2v) is 5.69. The predicted octanol–water partition coefficient (Wildman–Crippen LogP) is 3.69. The van der Waals surface area contributed by atoms with Gasteiger partial charge in [-0.15, -0.1) is 0 Å². The predicted molar refractivity (Wildman–Crippen MR) is 80.3 cm³/mol. The van der Waals surface area contributed by atoms with Crippen molar-refractivity contribution in [2.24, 2.45) is 0 Å². The molecule has 0 bridgehead atoms. The number of benzene rings is 1. The summed E-state index contributed by atoms with van der Waals surface area (Å²) in [4.78, 5) is 10.1. The van der Waals surface area contributed by atoms with Crippen LogP contribution in [0.1, 0.15) is 20.3 Å². The van der Waals surface area contributed by atoms with Crippen molar-refractivity contribution < 1.29 is 14.1 Å². The van der Waals surface area contributed by atoms with Crippen LogP contribution in [0.5, 0.6) is 5.75 Å². The van der Waals surface area contributed by atoms with Crippen LogP contribution >= 0.6 is 11.8 Å². The third-order valence-electron chi connectivity index (χ3n) is 2.77. The molecule has 0 saturated carbocycles. The van der Waals surface area contributed by atoms with Gasteiger partial charge in [0.15, 0.2) is 11.6 Å². The van der Waals surface area contributed by atoms with E-state index in [-0.39, 0.29) is 23.2 Å². The largest absolute Gasteiger partial charge is 0.490 e. The smallest absolute Gasteiger partial charge is 0.313 e. The van der Waals surface area contributed by atoms with Gasteiger partial charge < -0.3 is 10.1 Å². The highest BCUT2D eigenvalue weighted by molar-refractivity contribution is 7.99. The normalized spacial score (nSPS) is 12.0. The van der Waals surface area contributed by atoms with Crippen LogP contribution in [0.25, 0.3) is 0 Å².